The number of amidine groups is 1. The third-order valence-corrected chi connectivity index (χ3v) is 1.46. The number of nitrogens with one attached hydrogen (secondary N) is 1. The van der Waals surface area contributed by atoms with Crippen LogP contribution >= 0.6 is 12.4 Å². The van der Waals surface area contributed by atoms with Gasteiger partial charge in [-0.2, -0.15) is 0 Å². The maximum atomic E-state index is 7.19. The third-order valence-electron chi connectivity index (χ3n) is 1.46. The number of rotatable bonds is 3. The van der Waals surface area contributed by atoms with E-state index in [4.69, 9.17) is 15.9 Å². The summed E-state index contributed by atoms with van der Waals surface area (Å²) in [6.07, 6.45) is 0. The first kappa shape index (κ1) is 11.8. The van der Waals surface area contributed by atoms with Gasteiger partial charge in [0.1, 0.15) is 11.6 Å². The van der Waals surface area contributed by atoms with E-state index in [-0.39, 0.29) is 18.2 Å². The van der Waals surface area contributed by atoms with Gasteiger partial charge in [-0.15, -0.1) is 12.4 Å². The number of ether oxygens (including phenoxy) is 1. The van der Waals surface area contributed by atoms with Crippen LogP contribution in [0.1, 0.15) is 12.5 Å². The normalized spacial score (nSPS) is 8.69. The van der Waals surface area contributed by atoms with Gasteiger partial charge >= 0.3 is 0 Å². The number of halogens is 1. The molecule has 1 aromatic rings. The molecule has 0 aromatic heterocycles. The molecule has 0 aliphatic rings. The van der Waals surface area contributed by atoms with Crippen LogP contribution in [0.5, 0.6) is 5.75 Å². The van der Waals surface area contributed by atoms with Crippen molar-refractivity contribution in [2.45, 2.75) is 6.92 Å². The zero-order valence-corrected chi connectivity index (χ0v) is 8.23. The predicted octanol–water partition coefficient (Wildman–Crippen LogP) is 1.79. The Morgan fingerprint density at radius 3 is 2.77 bits per heavy atom. The lowest BCUT2D eigenvalue weighted by Gasteiger charge is -2.03. The van der Waals surface area contributed by atoms with Crippen LogP contribution in [0.15, 0.2) is 24.3 Å². The van der Waals surface area contributed by atoms with E-state index in [1.54, 1.807) is 12.1 Å². The predicted molar refractivity (Wildman–Crippen MR) is 55.9 cm³/mol. The van der Waals surface area contributed by atoms with Crippen molar-refractivity contribution in [3.63, 3.8) is 0 Å². The Bertz CT molecular complexity index is 289. The minimum atomic E-state index is 0. The van der Waals surface area contributed by atoms with Gasteiger partial charge in [-0.1, -0.05) is 12.1 Å². The molecule has 72 valence electrons. The van der Waals surface area contributed by atoms with E-state index < -0.39 is 0 Å². The fourth-order valence-electron chi connectivity index (χ4n) is 0.920. The molecule has 0 aliphatic heterocycles. The maximum Gasteiger partial charge on any atom is 0.122 e. The Morgan fingerprint density at radius 1 is 1.54 bits per heavy atom. The van der Waals surface area contributed by atoms with Crippen LogP contribution in [0.2, 0.25) is 0 Å². The molecule has 0 aliphatic carbocycles. The van der Waals surface area contributed by atoms with Crippen LogP contribution in [0.4, 0.5) is 0 Å². The Morgan fingerprint density at radius 2 is 2.23 bits per heavy atom. The first-order valence-corrected chi connectivity index (χ1v) is 3.81. The minimum absolute atomic E-state index is 0. The highest BCUT2D eigenvalue weighted by atomic mass is 35.5. The lowest BCUT2D eigenvalue weighted by atomic mass is 10.2. The summed E-state index contributed by atoms with van der Waals surface area (Å²) < 4.78 is 5.24. The molecule has 0 saturated carbocycles. The number of hydrogen-bond acceptors (Lipinski definition) is 2. The molecule has 1 aromatic carbocycles. The number of nitrogens with two attached hydrogens (primary N) is 1. The molecule has 0 spiro atoms. The van der Waals surface area contributed by atoms with Gasteiger partial charge < -0.3 is 10.5 Å². The van der Waals surface area contributed by atoms with Crippen LogP contribution in [0.25, 0.3) is 0 Å². The second kappa shape index (κ2) is 5.43. The van der Waals surface area contributed by atoms with Crippen molar-refractivity contribution < 1.29 is 4.74 Å². The highest BCUT2D eigenvalue weighted by molar-refractivity contribution is 5.95. The highest BCUT2D eigenvalue weighted by Gasteiger charge is 1.97. The van der Waals surface area contributed by atoms with Gasteiger partial charge in [-0.25, -0.2) is 0 Å². The molecule has 3 N–H and O–H groups in total. The van der Waals surface area contributed by atoms with Crippen molar-refractivity contribution in [3.05, 3.63) is 29.8 Å². The average Bonchev–Trinajstić information content (AvgIpc) is 2.05. The Balaban J connectivity index is 0.00000144. The number of nitrogen functional groups attached to an aromatic ring is 1. The molecule has 0 unspecified atom stereocenters. The second-order valence-electron chi connectivity index (χ2n) is 2.37. The Labute approximate surface area is 83.8 Å². The van der Waals surface area contributed by atoms with Gasteiger partial charge in [0.05, 0.1) is 6.61 Å². The van der Waals surface area contributed by atoms with Gasteiger partial charge in [-0.05, 0) is 19.1 Å². The molecule has 0 radical (unpaired) electrons. The van der Waals surface area contributed by atoms with E-state index in [1.807, 2.05) is 19.1 Å². The van der Waals surface area contributed by atoms with Crippen LogP contribution in [0, 0.1) is 5.41 Å². The van der Waals surface area contributed by atoms with Gasteiger partial charge in [0.25, 0.3) is 0 Å². The zero-order valence-electron chi connectivity index (χ0n) is 7.41. The van der Waals surface area contributed by atoms with Gasteiger partial charge in [-0.3, -0.25) is 5.41 Å². The second-order valence-corrected chi connectivity index (χ2v) is 2.37. The molecule has 3 nitrogen and oxygen atoms in total. The largest absolute Gasteiger partial charge is 0.494 e. The molecular formula is C9H13ClN2O. The topological polar surface area (TPSA) is 59.1 Å². The summed E-state index contributed by atoms with van der Waals surface area (Å²) in [5.41, 5.74) is 6.00. The quantitative estimate of drug-likeness (QED) is 0.577. The fourth-order valence-corrected chi connectivity index (χ4v) is 0.920. The van der Waals surface area contributed by atoms with Crippen molar-refractivity contribution in [1.82, 2.24) is 0 Å². The van der Waals surface area contributed by atoms with E-state index in [1.165, 1.54) is 0 Å². The number of hydrogen-bond donors (Lipinski definition) is 2. The molecule has 0 bridgehead atoms. The van der Waals surface area contributed by atoms with Gasteiger partial charge in [0, 0.05) is 5.56 Å². The molecular weight excluding hydrogens is 188 g/mol. The summed E-state index contributed by atoms with van der Waals surface area (Å²) in [5.74, 6) is 0.821. The van der Waals surface area contributed by atoms with Gasteiger partial charge in [0.15, 0.2) is 0 Å². The first-order chi connectivity index (χ1) is 5.74. The van der Waals surface area contributed by atoms with E-state index in [9.17, 15) is 0 Å². The zero-order chi connectivity index (χ0) is 8.97. The van der Waals surface area contributed by atoms with Crippen LogP contribution in [-0.4, -0.2) is 12.4 Å². The fraction of sp³-hybridized carbons (Fsp3) is 0.222. The minimum Gasteiger partial charge on any atom is -0.494 e. The third kappa shape index (κ3) is 3.34. The Kier molecular flexibility index (Phi) is 4.92. The lowest BCUT2D eigenvalue weighted by Crippen LogP contribution is -2.10. The summed E-state index contributed by atoms with van der Waals surface area (Å²) in [6, 6.07) is 7.20. The van der Waals surface area contributed by atoms with E-state index in [0.29, 0.717) is 12.2 Å². The SMILES string of the molecule is CCOc1cccc(C(=N)N)c1.Cl. The molecule has 0 atom stereocenters. The monoisotopic (exact) mass is 200 g/mol. The molecule has 4 heteroatoms. The van der Waals surface area contributed by atoms with Gasteiger partial charge in [0.2, 0.25) is 0 Å². The smallest absolute Gasteiger partial charge is 0.122 e. The molecule has 0 fully saturated rings. The maximum absolute atomic E-state index is 7.19. The first-order valence-electron chi connectivity index (χ1n) is 3.81. The van der Waals surface area contributed by atoms with E-state index in [2.05, 4.69) is 0 Å². The molecule has 0 heterocycles. The summed E-state index contributed by atoms with van der Waals surface area (Å²) >= 11 is 0. The van der Waals surface area contributed by atoms with Crippen LogP contribution in [0.3, 0.4) is 0 Å². The highest BCUT2D eigenvalue weighted by Crippen LogP contribution is 2.12. The molecule has 0 saturated heterocycles. The Hall–Kier alpha value is -1.22. The van der Waals surface area contributed by atoms with Crippen molar-refractivity contribution in [3.8, 4) is 5.75 Å². The van der Waals surface area contributed by atoms with E-state index in [0.717, 1.165) is 5.75 Å². The summed E-state index contributed by atoms with van der Waals surface area (Å²) in [5, 5.41) is 7.19. The summed E-state index contributed by atoms with van der Waals surface area (Å²) in [7, 11) is 0. The molecule has 13 heavy (non-hydrogen) atoms. The van der Waals surface area contributed by atoms with Crippen molar-refractivity contribution in [1.29, 1.82) is 5.41 Å². The van der Waals surface area contributed by atoms with Crippen molar-refractivity contribution in [2.75, 3.05) is 6.61 Å². The summed E-state index contributed by atoms with van der Waals surface area (Å²) in [4.78, 5) is 0. The number of benzene rings is 1. The van der Waals surface area contributed by atoms with Crippen LogP contribution in [-0.2, 0) is 0 Å². The van der Waals surface area contributed by atoms with Crippen molar-refractivity contribution in [2.24, 2.45) is 5.73 Å². The van der Waals surface area contributed by atoms with Crippen LogP contribution < -0.4 is 10.5 Å². The summed E-state index contributed by atoms with van der Waals surface area (Å²) in [6.45, 7) is 2.54. The molecule has 1 rings (SSSR count). The van der Waals surface area contributed by atoms with Crippen molar-refractivity contribution >= 4 is 18.2 Å². The standard InChI is InChI=1S/C9H12N2O.ClH/c1-2-12-8-5-3-4-7(6-8)9(10)11;/h3-6H,2H2,1H3,(H3,10,11);1H. The van der Waals surface area contributed by atoms with E-state index >= 15 is 0 Å². The average molecular weight is 201 g/mol. The molecule has 0 amide bonds. The lowest BCUT2D eigenvalue weighted by molar-refractivity contribution is 0.340.